The number of methoxy groups -OCH3 is 1. The van der Waals surface area contributed by atoms with Crippen molar-refractivity contribution < 1.29 is 4.74 Å². The number of piperidine rings is 1. The molecule has 36 heavy (non-hydrogen) atoms. The monoisotopic (exact) mass is 520 g/mol. The number of halogens is 1. The van der Waals surface area contributed by atoms with E-state index >= 15 is 0 Å². The fourth-order valence-electron chi connectivity index (χ4n) is 5.19. The van der Waals surface area contributed by atoms with E-state index in [2.05, 4.69) is 30.9 Å². The van der Waals surface area contributed by atoms with Crippen molar-refractivity contribution in [3.05, 3.63) is 59.0 Å². The van der Waals surface area contributed by atoms with Crippen LogP contribution >= 0.6 is 23.4 Å². The molecule has 4 aromatic rings. The molecule has 1 aliphatic heterocycles. The highest BCUT2D eigenvalue weighted by atomic mass is 35.5. The van der Waals surface area contributed by atoms with Crippen LogP contribution in [0.1, 0.15) is 30.1 Å². The first kappa shape index (κ1) is 23.2. The number of anilines is 2. The largest absolute Gasteiger partial charge is 0.481 e. The number of pyridine rings is 3. The molecule has 0 aromatic carbocycles. The van der Waals surface area contributed by atoms with E-state index in [9.17, 15) is 0 Å². The van der Waals surface area contributed by atoms with Crippen molar-refractivity contribution in [2.24, 2.45) is 11.1 Å². The standard InChI is InChI=1S/C25H25ClN8OS/c1-35-19-4-2-14-16(32-19)12-25(22(14)27)7-10-34(11-8-25)18-13-30-24-15(31-18)3-5-20(33-24)36-17-6-9-29-23(28)21(17)26/h2-6,9,13,22H,7-8,10-12,27H2,1H3,(H2,28,29). The van der Waals surface area contributed by atoms with Gasteiger partial charge in [0.15, 0.2) is 5.65 Å². The molecule has 1 atom stereocenters. The minimum Gasteiger partial charge on any atom is -0.481 e. The lowest BCUT2D eigenvalue weighted by Crippen LogP contribution is -2.44. The molecule has 1 unspecified atom stereocenters. The summed E-state index contributed by atoms with van der Waals surface area (Å²) in [7, 11) is 1.64. The van der Waals surface area contributed by atoms with Gasteiger partial charge in [-0.1, -0.05) is 29.4 Å². The number of aromatic nitrogens is 5. The molecule has 0 saturated carbocycles. The summed E-state index contributed by atoms with van der Waals surface area (Å²) in [4.78, 5) is 25.8. The molecule has 4 N–H and O–H groups in total. The van der Waals surface area contributed by atoms with E-state index in [1.165, 1.54) is 11.8 Å². The van der Waals surface area contributed by atoms with Crippen molar-refractivity contribution >= 4 is 46.2 Å². The molecule has 0 amide bonds. The number of nitrogens with zero attached hydrogens (tertiary/aromatic N) is 6. The minimum atomic E-state index is -0.0138. The van der Waals surface area contributed by atoms with E-state index in [1.54, 1.807) is 19.5 Å². The summed E-state index contributed by atoms with van der Waals surface area (Å²) in [6.07, 6.45) is 6.25. The molecule has 0 bridgehead atoms. The zero-order valence-corrected chi connectivity index (χ0v) is 21.3. The molecule has 1 fully saturated rings. The molecule has 1 spiro atoms. The van der Waals surface area contributed by atoms with Gasteiger partial charge in [-0.2, -0.15) is 0 Å². The Hall–Kier alpha value is -3.21. The fourth-order valence-corrected chi connectivity index (χ4v) is 6.24. The lowest BCUT2D eigenvalue weighted by molar-refractivity contribution is 0.186. The maximum Gasteiger partial charge on any atom is 0.213 e. The zero-order chi connectivity index (χ0) is 24.9. The van der Waals surface area contributed by atoms with Crippen LogP contribution in [0.4, 0.5) is 11.6 Å². The molecule has 1 aliphatic carbocycles. The first-order valence-corrected chi connectivity index (χ1v) is 12.9. The highest BCUT2D eigenvalue weighted by molar-refractivity contribution is 7.99. The van der Waals surface area contributed by atoms with Crippen LogP contribution in [-0.4, -0.2) is 45.1 Å². The first-order chi connectivity index (χ1) is 17.5. The molecule has 6 rings (SSSR count). The minimum absolute atomic E-state index is 0.0138. The van der Waals surface area contributed by atoms with Crippen molar-refractivity contribution in [3.8, 4) is 5.88 Å². The predicted molar refractivity (Wildman–Crippen MR) is 140 cm³/mol. The average molecular weight is 521 g/mol. The molecule has 9 nitrogen and oxygen atoms in total. The van der Waals surface area contributed by atoms with Crippen LogP contribution < -0.4 is 21.1 Å². The third-order valence-corrected chi connectivity index (χ3v) is 8.76. The molecule has 0 radical (unpaired) electrons. The highest BCUT2D eigenvalue weighted by Crippen LogP contribution is 2.50. The Kier molecular flexibility index (Phi) is 5.82. The van der Waals surface area contributed by atoms with Gasteiger partial charge < -0.3 is 21.1 Å². The smallest absolute Gasteiger partial charge is 0.213 e. The van der Waals surface area contributed by atoms with Gasteiger partial charge in [0.2, 0.25) is 5.88 Å². The number of hydrogen-bond acceptors (Lipinski definition) is 10. The van der Waals surface area contributed by atoms with E-state index in [1.807, 2.05) is 24.3 Å². The maximum absolute atomic E-state index is 6.74. The summed E-state index contributed by atoms with van der Waals surface area (Å²) in [5.41, 5.74) is 16.1. The lowest BCUT2D eigenvalue weighted by atomic mass is 9.73. The van der Waals surface area contributed by atoms with Crippen molar-refractivity contribution in [1.29, 1.82) is 0 Å². The third-order valence-electron chi connectivity index (χ3n) is 7.25. The summed E-state index contributed by atoms with van der Waals surface area (Å²) < 4.78 is 5.31. The number of nitrogens with two attached hydrogens (primary N) is 2. The number of hydrogen-bond donors (Lipinski definition) is 2. The van der Waals surface area contributed by atoms with E-state index in [4.69, 9.17) is 32.8 Å². The Morgan fingerprint density at radius 2 is 1.92 bits per heavy atom. The predicted octanol–water partition coefficient (Wildman–Crippen LogP) is 4.05. The molecular formula is C25H25ClN8OS. The van der Waals surface area contributed by atoms with E-state index < -0.39 is 0 Å². The van der Waals surface area contributed by atoms with Gasteiger partial charge in [0.1, 0.15) is 22.2 Å². The molecule has 5 heterocycles. The van der Waals surface area contributed by atoms with Gasteiger partial charge in [0.05, 0.1) is 18.3 Å². The number of fused-ring (bicyclic) bond motifs is 2. The van der Waals surface area contributed by atoms with Gasteiger partial charge in [-0.3, -0.25) is 0 Å². The summed E-state index contributed by atoms with van der Waals surface area (Å²) in [6, 6.07) is 9.62. The van der Waals surface area contributed by atoms with Gasteiger partial charge >= 0.3 is 0 Å². The zero-order valence-electron chi connectivity index (χ0n) is 19.7. The van der Waals surface area contributed by atoms with E-state index in [0.717, 1.165) is 64.9 Å². The maximum atomic E-state index is 6.74. The van der Waals surface area contributed by atoms with Crippen LogP contribution in [0, 0.1) is 5.41 Å². The van der Waals surface area contributed by atoms with Gasteiger partial charge in [-0.25, -0.2) is 24.9 Å². The second kappa shape index (κ2) is 9.02. The van der Waals surface area contributed by atoms with Crippen molar-refractivity contribution in [1.82, 2.24) is 24.9 Å². The Bertz CT molecular complexity index is 1460. The number of ether oxygens (including phenoxy) is 1. The number of rotatable bonds is 4. The van der Waals surface area contributed by atoms with Gasteiger partial charge in [-0.05, 0) is 48.4 Å². The second-order valence-electron chi connectivity index (χ2n) is 9.22. The second-order valence-corrected chi connectivity index (χ2v) is 10.7. The molecule has 4 aromatic heterocycles. The lowest BCUT2D eigenvalue weighted by Gasteiger charge is -2.42. The van der Waals surface area contributed by atoms with Crippen LogP contribution in [-0.2, 0) is 6.42 Å². The fraction of sp³-hybridized carbons (Fsp3) is 0.320. The van der Waals surface area contributed by atoms with Crippen LogP contribution in [0.3, 0.4) is 0 Å². The van der Waals surface area contributed by atoms with E-state index in [-0.39, 0.29) is 11.5 Å². The Labute approximate surface area is 217 Å². The van der Waals surface area contributed by atoms with Gasteiger partial charge in [0.25, 0.3) is 0 Å². The summed E-state index contributed by atoms with van der Waals surface area (Å²) >= 11 is 7.69. The van der Waals surface area contributed by atoms with Crippen LogP contribution in [0.25, 0.3) is 11.2 Å². The van der Waals surface area contributed by atoms with Gasteiger partial charge in [-0.15, -0.1) is 0 Å². The quantitative estimate of drug-likeness (QED) is 0.406. The third kappa shape index (κ3) is 3.99. The molecule has 184 valence electrons. The SMILES string of the molecule is COc1ccc2c(n1)CC1(CCN(c3cnc4nc(Sc5ccnc(N)c5Cl)ccc4n3)CC1)C2N. The Morgan fingerprint density at radius 3 is 2.72 bits per heavy atom. The normalized spacial score (nSPS) is 18.5. The van der Waals surface area contributed by atoms with Crippen LogP contribution in [0.2, 0.25) is 5.02 Å². The Morgan fingerprint density at radius 1 is 1.08 bits per heavy atom. The average Bonchev–Trinajstić information content (AvgIpc) is 3.17. The number of nitrogen functional groups attached to an aromatic ring is 1. The van der Waals surface area contributed by atoms with Crippen molar-refractivity contribution in [2.45, 2.75) is 35.2 Å². The molecule has 11 heteroatoms. The van der Waals surface area contributed by atoms with Crippen LogP contribution in [0.15, 0.2) is 52.6 Å². The molecule has 1 saturated heterocycles. The highest BCUT2D eigenvalue weighted by Gasteiger charge is 2.47. The summed E-state index contributed by atoms with van der Waals surface area (Å²) in [5.74, 6) is 1.80. The first-order valence-electron chi connectivity index (χ1n) is 11.7. The van der Waals surface area contributed by atoms with Crippen molar-refractivity contribution in [2.75, 3.05) is 30.8 Å². The van der Waals surface area contributed by atoms with Crippen LogP contribution in [0.5, 0.6) is 5.88 Å². The van der Waals surface area contributed by atoms with Crippen molar-refractivity contribution in [3.63, 3.8) is 0 Å². The topological polar surface area (TPSA) is 129 Å². The van der Waals surface area contributed by atoms with Gasteiger partial charge in [0, 0.05) is 42.0 Å². The Balaban J connectivity index is 1.17. The molecule has 2 aliphatic rings. The summed E-state index contributed by atoms with van der Waals surface area (Å²) in [5, 5.41) is 1.19. The van der Waals surface area contributed by atoms with E-state index in [0.29, 0.717) is 22.4 Å². The molecular weight excluding hydrogens is 496 g/mol. The summed E-state index contributed by atoms with van der Waals surface area (Å²) in [6.45, 7) is 1.73.